The van der Waals surface area contributed by atoms with Crippen LogP contribution in [0.25, 0.3) is 0 Å². The second-order valence-corrected chi connectivity index (χ2v) is 6.16. The molecule has 0 saturated carbocycles. The zero-order valence-electron chi connectivity index (χ0n) is 13.3. The fourth-order valence-electron chi connectivity index (χ4n) is 3.31. The van der Waals surface area contributed by atoms with Crippen molar-refractivity contribution in [3.05, 3.63) is 0 Å². The molecule has 0 radical (unpaired) electrons. The van der Waals surface area contributed by atoms with Gasteiger partial charge in [0.15, 0.2) is 0 Å². The summed E-state index contributed by atoms with van der Waals surface area (Å²) in [4.78, 5) is 17.2. The van der Waals surface area contributed by atoms with Crippen LogP contribution in [-0.2, 0) is 4.79 Å². The van der Waals surface area contributed by atoms with Crippen molar-refractivity contribution in [1.82, 2.24) is 15.1 Å². The van der Waals surface area contributed by atoms with Gasteiger partial charge >= 0.3 is 0 Å². The SMILES string of the molecule is CCCC1(C(=O)N(CC)C(C)CN(C)C)CCNC1. The summed E-state index contributed by atoms with van der Waals surface area (Å²) < 4.78 is 0. The lowest BCUT2D eigenvalue weighted by atomic mass is 9.80. The summed E-state index contributed by atoms with van der Waals surface area (Å²) in [5.74, 6) is 0.358. The van der Waals surface area contributed by atoms with Gasteiger partial charge in [0, 0.05) is 25.7 Å². The number of carbonyl (C=O) groups excluding carboxylic acids is 1. The molecule has 0 bridgehead atoms. The van der Waals surface area contributed by atoms with Crippen LogP contribution in [0.5, 0.6) is 0 Å². The third-order valence-corrected chi connectivity index (χ3v) is 4.19. The zero-order valence-corrected chi connectivity index (χ0v) is 13.3. The van der Waals surface area contributed by atoms with Gasteiger partial charge in [-0.1, -0.05) is 13.3 Å². The van der Waals surface area contributed by atoms with E-state index in [0.717, 1.165) is 45.4 Å². The molecular formula is C15H31N3O. The van der Waals surface area contributed by atoms with E-state index in [-0.39, 0.29) is 11.5 Å². The summed E-state index contributed by atoms with van der Waals surface area (Å²) >= 11 is 0. The Balaban J connectivity index is 2.80. The van der Waals surface area contributed by atoms with Gasteiger partial charge < -0.3 is 15.1 Å². The van der Waals surface area contributed by atoms with E-state index in [0.29, 0.717) is 5.91 Å². The molecule has 0 aromatic heterocycles. The first kappa shape index (κ1) is 16.4. The van der Waals surface area contributed by atoms with Crippen LogP contribution in [-0.4, -0.2) is 62.0 Å². The molecule has 1 fully saturated rings. The molecule has 1 rings (SSSR count). The van der Waals surface area contributed by atoms with E-state index < -0.39 is 0 Å². The Kier molecular flexibility index (Phi) is 6.27. The topological polar surface area (TPSA) is 35.6 Å². The maximum atomic E-state index is 13.0. The van der Waals surface area contributed by atoms with E-state index in [1.807, 2.05) is 0 Å². The van der Waals surface area contributed by atoms with E-state index in [1.54, 1.807) is 0 Å². The van der Waals surface area contributed by atoms with Crippen molar-refractivity contribution < 1.29 is 4.79 Å². The minimum atomic E-state index is -0.147. The molecule has 1 saturated heterocycles. The summed E-state index contributed by atoms with van der Waals surface area (Å²) in [5.41, 5.74) is -0.147. The van der Waals surface area contributed by atoms with E-state index in [4.69, 9.17) is 0 Å². The van der Waals surface area contributed by atoms with Crippen LogP contribution >= 0.6 is 0 Å². The van der Waals surface area contributed by atoms with Gasteiger partial charge in [-0.05, 0) is 47.3 Å². The number of rotatable bonds is 7. The van der Waals surface area contributed by atoms with Gasteiger partial charge in [-0.25, -0.2) is 0 Å². The average Bonchev–Trinajstić information content (AvgIpc) is 2.79. The molecule has 1 N–H and O–H groups in total. The van der Waals surface area contributed by atoms with Gasteiger partial charge in [0.1, 0.15) is 0 Å². The molecule has 2 atom stereocenters. The third kappa shape index (κ3) is 3.93. The van der Waals surface area contributed by atoms with Crippen molar-refractivity contribution in [1.29, 1.82) is 0 Å². The highest BCUT2D eigenvalue weighted by Gasteiger charge is 2.43. The van der Waals surface area contributed by atoms with Crippen LogP contribution in [0, 0.1) is 5.41 Å². The second kappa shape index (κ2) is 7.25. The van der Waals surface area contributed by atoms with Crippen LogP contribution in [0.1, 0.15) is 40.0 Å². The minimum absolute atomic E-state index is 0.147. The fourth-order valence-corrected chi connectivity index (χ4v) is 3.31. The second-order valence-electron chi connectivity index (χ2n) is 6.16. The Hall–Kier alpha value is -0.610. The van der Waals surface area contributed by atoms with Crippen molar-refractivity contribution in [2.45, 2.75) is 46.1 Å². The van der Waals surface area contributed by atoms with Gasteiger partial charge in [0.25, 0.3) is 0 Å². The fraction of sp³-hybridized carbons (Fsp3) is 0.933. The number of likely N-dealkylation sites (N-methyl/N-ethyl adjacent to an activating group) is 2. The molecule has 2 unspecified atom stereocenters. The Labute approximate surface area is 118 Å². The average molecular weight is 269 g/mol. The van der Waals surface area contributed by atoms with Crippen LogP contribution < -0.4 is 5.32 Å². The lowest BCUT2D eigenvalue weighted by Gasteiger charge is -2.37. The summed E-state index contributed by atoms with van der Waals surface area (Å²) in [5, 5.41) is 3.38. The molecule has 19 heavy (non-hydrogen) atoms. The van der Waals surface area contributed by atoms with Gasteiger partial charge in [0.05, 0.1) is 5.41 Å². The third-order valence-electron chi connectivity index (χ3n) is 4.19. The maximum Gasteiger partial charge on any atom is 0.230 e. The van der Waals surface area contributed by atoms with E-state index in [9.17, 15) is 4.79 Å². The van der Waals surface area contributed by atoms with Crippen LogP contribution in [0.15, 0.2) is 0 Å². The minimum Gasteiger partial charge on any atom is -0.338 e. The number of carbonyl (C=O) groups is 1. The van der Waals surface area contributed by atoms with Gasteiger partial charge in [0.2, 0.25) is 5.91 Å². The molecular weight excluding hydrogens is 238 g/mol. The molecule has 1 aliphatic heterocycles. The molecule has 112 valence electrons. The van der Waals surface area contributed by atoms with Gasteiger partial charge in [-0.15, -0.1) is 0 Å². The van der Waals surface area contributed by atoms with E-state index >= 15 is 0 Å². The summed E-state index contributed by atoms with van der Waals surface area (Å²) in [6.07, 6.45) is 3.07. The zero-order chi connectivity index (χ0) is 14.5. The Morgan fingerprint density at radius 1 is 1.37 bits per heavy atom. The first-order chi connectivity index (χ1) is 8.96. The van der Waals surface area contributed by atoms with Crippen LogP contribution in [0.3, 0.4) is 0 Å². The van der Waals surface area contributed by atoms with Crippen molar-refractivity contribution in [3.8, 4) is 0 Å². The van der Waals surface area contributed by atoms with Gasteiger partial charge in [-0.2, -0.15) is 0 Å². The quantitative estimate of drug-likeness (QED) is 0.762. The number of amides is 1. The standard InChI is InChI=1S/C15H31N3O/c1-6-8-15(9-10-16-12-15)14(19)18(7-2)13(3)11-17(4)5/h13,16H,6-12H2,1-5H3. The molecule has 4 heteroatoms. The smallest absolute Gasteiger partial charge is 0.230 e. The largest absolute Gasteiger partial charge is 0.338 e. The normalized spacial score (nSPS) is 24.7. The molecule has 1 aliphatic rings. The molecule has 0 aromatic rings. The van der Waals surface area contributed by atoms with Crippen molar-refractivity contribution >= 4 is 5.91 Å². The van der Waals surface area contributed by atoms with Crippen molar-refractivity contribution in [2.75, 3.05) is 40.3 Å². The summed E-state index contributed by atoms with van der Waals surface area (Å²) in [6, 6.07) is 0.279. The monoisotopic (exact) mass is 269 g/mol. The first-order valence-electron chi connectivity index (χ1n) is 7.63. The highest BCUT2D eigenvalue weighted by Crippen LogP contribution is 2.33. The highest BCUT2D eigenvalue weighted by atomic mass is 16.2. The van der Waals surface area contributed by atoms with Gasteiger partial charge in [-0.3, -0.25) is 4.79 Å². The molecule has 0 aromatic carbocycles. The Morgan fingerprint density at radius 2 is 2.05 bits per heavy atom. The first-order valence-corrected chi connectivity index (χ1v) is 7.63. The predicted octanol–water partition coefficient (Wildman–Crippen LogP) is 1.56. The summed E-state index contributed by atoms with van der Waals surface area (Å²) in [6.45, 7) is 9.98. The van der Waals surface area contributed by atoms with Crippen LogP contribution in [0.2, 0.25) is 0 Å². The number of hydrogen-bond acceptors (Lipinski definition) is 3. The highest BCUT2D eigenvalue weighted by molar-refractivity contribution is 5.83. The lowest BCUT2D eigenvalue weighted by molar-refractivity contribution is -0.143. The predicted molar refractivity (Wildman–Crippen MR) is 80.2 cm³/mol. The number of hydrogen-bond donors (Lipinski definition) is 1. The van der Waals surface area contributed by atoms with Crippen LogP contribution in [0.4, 0.5) is 0 Å². The number of nitrogens with one attached hydrogen (secondary N) is 1. The molecule has 0 spiro atoms. The Bertz CT molecular complexity index is 285. The maximum absolute atomic E-state index is 13.0. The lowest BCUT2D eigenvalue weighted by Crippen LogP contribution is -2.51. The van der Waals surface area contributed by atoms with Crippen molar-refractivity contribution in [2.24, 2.45) is 5.41 Å². The van der Waals surface area contributed by atoms with Crippen molar-refractivity contribution in [3.63, 3.8) is 0 Å². The molecule has 1 heterocycles. The number of nitrogens with zero attached hydrogens (tertiary/aromatic N) is 2. The van der Waals surface area contributed by atoms with E-state index in [1.165, 1.54) is 0 Å². The molecule has 4 nitrogen and oxygen atoms in total. The molecule has 1 amide bonds. The molecule has 0 aliphatic carbocycles. The van der Waals surface area contributed by atoms with E-state index in [2.05, 4.69) is 50.0 Å². The summed E-state index contributed by atoms with van der Waals surface area (Å²) in [7, 11) is 4.13. The Morgan fingerprint density at radius 3 is 2.47 bits per heavy atom.